The van der Waals surface area contributed by atoms with Crippen LogP contribution in [0, 0.1) is 11.8 Å². The van der Waals surface area contributed by atoms with Gasteiger partial charge in [0.15, 0.2) is 0 Å². The summed E-state index contributed by atoms with van der Waals surface area (Å²) >= 11 is 0. The van der Waals surface area contributed by atoms with Crippen LogP contribution in [-0.2, 0) is 28.7 Å². The van der Waals surface area contributed by atoms with Gasteiger partial charge in [-0.25, -0.2) is 0 Å². The molecule has 7 atom stereocenters. The van der Waals surface area contributed by atoms with Crippen LogP contribution in [0.4, 0.5) is 0 Å². The largest absolute Gasteiger partial charge is 0.455 e. The molecule has 4 rings (SSSR count). The van der Waals surface area contributed by atoms with Crippen molar-refractivity contribution in [1.29, 1.82) is 0 Å². The van der Waals surface area contributed by atoms with E-state index in [0.29, 0.717) is 38.8 Å². The summed E-state index contributed by atoms with van der Waals surface area (Å²) in [5.74, 6) is -2.99. The second kappa shape index (κ2) is 15.2. The van der Waals surface area contributed by atoms with Crippen molar-refractivity contribution in [2.75, 3.05) is 33.3 Å². The summed E-state index contributed by atoms with van der Waals surface area (Å²) in [5, 5.41) is 9.63. The zero-order valence-corrected chi connectivity index (χ0v) is 26.9. The zero-order chi connectivity index (χ0) is 32.7. The molecular formula is C35H49N3O7. The number of carbonyl (C=O) groups excluding carboxylic acids is 4. The van der Waals surface area contributed by atoms with Gasteiger partial charge in [-0.3, -0.25) is 19.2 Å². The van der Waals surface area contributed by atoms with Crippen molar-refractivity contribution in [1.82, 2.24) is 14.7 Å². The number of unbranched alkanes of at least 4 members (excludes halogenated alkanes) is 1. The Morgan fingerprint density at radius 3 is 2.58 bits per heavy atom. The van der Waals surface area contributed by atoms with E-state index in [1.54, 1.807) is 29.0 Å². The van der Waals surface area contributed by atoms with Gasteiger partial charge in [0, 0.05) is 39.7 Å². The Bertz CT molecular complexity index is 1240. The molecule has 2 bridgehead atoms. The minimum Gasteiger partial charge on any atom is -0.455 e. The van der Waals surface area contributed by atoms with Crippen LogP contribution >= 0.6 is 0 Å². The molecule has 3 aliphatic heterocycles. The average molecular weight is 624 g/mol. The summed E-state index contributed by atoms with van der Waals surface area (Å²) in [6.45, 7) is 12.3. The van der Waals surface area contributed by atoms with Crippen molar-refractivity contribution < 1.29 is 33.8 Å². The number of hydrogen-bond donors (Lipinski definition) is 1. The molecule has 3 aliphatic rings. The molecule has 10 nitrogen and oxygen atoms in total. The third-order valence-corrected chi connectivity index (χ3v) is 9.68. The first kappa shape index (κ1) is 34.4. The van der Waals surface area contributed by atoms with Crippen molar-refractivity contribution in [2.24, 2.45) is 11.8 Å². The summed E-state index contributed by atoms with van der Waals surface area (Å²) in [6, 6.07) is 7.87. The number of aliphatic hydroxyl groups is 1. The highest BCUT2D eigenvalue weighted by Crippen LogP contribution is 2.59. The van der Waals surface area contributed by atoms with Gasteiger partial charge in [-0.15, -0.1) is 13.2 Å². The van der Waals surface area contributed by atoms with E-state index in [4.69, 9.17) is 9.47 Å². The normalized spacial score (nSPS) is 26.2. The van der Waals surface area contributed by atoms with Gasteiger partial charge in [-0.2, -0.15) is 0 Å². The SMILES string of the molecule is C=CCCC(=O)N(C)[C@@H](C)[C@@H](OC(=O)[C@@H]1[C@H]2C(=O)N(CCCO)[C@H](C(=O)N(CC=C)CCCC)[C@]23CC[C@H]1O3)c1ccccc1. The number of aliphatic hydroxyl groups excluding tert-OH is 1. The van der Waals surface area contributed by atoms with Crippen molar-refractivity contribution in [2.45, 2.75) is 88.7 Å². The quantitative estimate of drug-likeness (QED) is 0.208. The molecule has 1 aromatic carbocycles. The number of ether oxygens (including phenoxy) is 2. The molecule has 3 heterocycles. The van der Waals surface area contributed by atoms with E-state index < -0.39 is 47.7 Å². The highest BCUT2D eigenvalue weighted by Gasteiger charge is 2.75. The lowest BCUT2D eigenvalue weighted by Gasteiger charge is -2.37. The molecule has 10 heteroatoms. The zero-order valence-electron chi connectivity index (χ0n) is 26.9. The number of carbonyl (C=O) groups is 4. The molecule has 1 aromatic rings. The first-order valence-corrected chi connectivity index (χ1v) is 16.3. The third kappa shape index (κ3) is 6.72. The smallest absolute Gasteiger partial charge is 0.313 e. The van der Waals surface area contributed by atoms with Crippen molar-refractivity contribution >= 4 is 23.7 Å². The van der Waals surface area contributed by atoms with Crippen LogP contribution in [0.5, 0.6) is 0 Å². The molecule has 0 aromatic heterocycles. The number of rotatable bonds is 17. The highest BCUT2D eigenvalue weighted by atomic mass is 16.6. The Morgan fingerprint density at radius 2 is 1.93 bits per heavy atom. The van der Waals surface area contributed by atoms with Gasteiger partial charge >= 0.3 is 5.97 Å². The van der Waals surface area contributed by atoms with Crippen LogP contribution in [0.1, 0.15) is 70.5 Å². The molecule has 3 saturated heterocycles. The Morgan fingerprint density at radius 1 is 1.20 bits per heavy atom. The van der Waals surface area contributed by atoms with Gasteiger partial charge in [0.2, 0.25) is 17.7 Å². The predicted molar refractivity (Wildman–Crippen MR) is 170 cm³/mol. The van der Waals surface area contributed by atoms with E-state index in [2.05, 4.69) is 13.2 Å². The molecule has 0 radical (unpaired) electrons. The number of likely N-dealkylation sites (N-methyl/N-ethyl adjacent to an activating group) is 1. The number of amides is 3. The van der Waals surface area contributed by atoms with E-state index in [-0.39, 0.29) is 37.3 Å². The molecule has 0 unspecified atom stereocenters. The number of nitrogens with zero attached hydrogens (tertiary/aromatic N) is 3. The standard InChI is InChI=1S/C35H49N3O7/c1-6-9-17-27(40)36(5)24(4)30(25-15-12-11-13-16-25)44-34(43)28-26-18-19-35(45-26)29(28)32(41)38(22-14-23-39)31(35)33(42)37(20-8-3)21-10-7-2/h6,8,11-13,15-16,24,26,28-31,39H,1,3,7,9-10,14,17-23H2,2,4-5H3/t24-,26+,28-,29-,30+,31+,35-/m0/s1. The van der Waals surface area contributed by atoms with E-state index >= 15 is 0 Å². The number of benzene rings is 1. The number of likely N-dealkylation sites (tertiary alicyclic amines) is 1. The number of hydrogen-bond acceptors (Lipinski definition) is 7. The number of allylic oxidation sites excluding steroid dienone is 1. The highest BCUT2D eigenvalue weighted by molar-refractivity contribution is 5.98. The second-order valence-corrected chi connectivity index (χ2v) is 12.4. The third-order valence-electron chi connectivity index (χ3n) is 9.68. The lowest BCUT2D eigenvalue weighted by Crippen LogP contribution is -2.56. The molecule has 3 amide bonds. The molecule has 0 saturated carbocycles. The number of fused-ring (bicyclic) bond motifs is 1. The second-order valence-electron chi connectivity index (χ2n) is 12.4. The van der Waals surface area contributed by atoms with Crippen LogP contribution in [0.2, 0.25) is 0 Å². The first-order valence-electron chi connectivity index (χ1n) is 16.3. The Hall–Kier alpha value is -3.50. The number of esters is 1. The summed E-state index contributed by atoms with van der Waals surface area (Å²) in [4.78, 5) is 60.4. The van der Waals surface area contributed by atoms with Crippen LogP contribution in [0.3, 0.4) is 0 Å². The van der Waals surface area contributed by atoms with Gasteiger partial charge in [-0.05, 0) is 44.6 Å². The lowest BCUT2D eigenvalue weighted by atomic mass is 9.70. The van der Waals surface area contributed by atoms with Crippen LogP contribution in [0.25, 0.3) is 0 Å². The van der Waals surface area contributed by atoms with Gasteiger partial charge < -0.3 is 29.3 Å². The first-order chi connectivity index (χ1) is 21.7. The van der Waals surface area contributed by atoms with E-state index in [1.807, 2.05) is 44.2 Å². The molecule has 3 fully saturated rings. The maximum atomic E-state index is 14.2. The minimum atomic E-state index is -1.16. The minimum absolute atomic E-state index is 0.0967. The van der Waals surface area contributed by atoms with E-state index in [9.17, 15) is 24.3 Å². The molecule has 1 spiro atoms. The fourth-order valence-corrected chi connectivity index (χ4v) is 7.27. The average Bonchev–Trinajstić information content (AvgIpc) is 3.69. The molecule has 0 aliphatic carbocycles. The van der Waals surface area contributed by atoms with Gasteiger partial charge in [0.25, 0.3) is 0 Å². The molecular weight excluding hydrogens is 574 g/mol. The Balaban J connectivity index is 1.66. The lowest BCUT2D eigenvalue weighted by molar-refractivity contribution is -0.164. The fraction of sp³-hybridized carbons (Fsp3) is 0.600. The van der Waals surface area contributed by atoms with Crippen LogP contribution in [-0.4, -0.2) is 101 Å². The summed E-state index contributed by atoms with van der Waals surface area (Å²) < 4.78 is 12.8. The van der Waals surface area contributed by atoms with Crippen molar-refractivity contribution in [3.8, 4) is 0 Å². The van der Waals surface area contributed by atoms with Gasteiger partial charge in [0.1, 0.15) is 17.7 Å². The molecule has 1 N–H and O–H groups in total. The maximum Gasteiger partial charge on any atom is 0.313 e. The van der Waals surface area contributed by atoms with Crippen molar-refractivity contribution in [3.63, 3.8) is 0 Å². The fourth-order valence-electron chi connectivity index (χ4n) is 7.27. The maximum absolute atomic E-state index is 14.2. The van der Waals surface area contributed by atoms with E-state index in [0.717, 1.165) is 18.4 Å². The van der Waals surface area contributed by atoms with Gasteiger partial charge in [-0.1, -0.05) is 55.8 Å². The summed E-state index contributed by atoms with van der Waals surface area (Å²) in [7, 11) is 1.69. The molecule has 45 heavy (non-hydrogen) atoms. The monoisotopic (exact) mass is 623 g/mol. The summed E-state index contributed by atoms with van der Waals surface area (Å²) in [6.07, 6.45) is 5.82. The van der Waals surface area contributed by atoms with Crippen LogP contribution in [0.15, 0.2) is 55.6 Å². The molecule has 246 valence electrons. The van der Waals surface area contributed by atoms with Crippen molar-refractivity contribution in [3.05, 3.63) is 61.2 Å². The topological polar surface area (TPSA) is 117 Å². The van der Waals surface area contributed by atoms with Gasteiger partial charge in [0.05, 0.1) is 24.0 Å². The van der Waals surface area contributed by atoms with E-state index in [1.165, 1.54) is 4.90 Å². The summed E-state index contributed by atoms with van der Waals surface area (Å²) in [5.41, 5.74) is -0.429. The predicted octanol–water partition coefficient (Wildman–Crippen LogP) is 3.66. The van der Waals surface area contributed by atoms with Crippen LogP contribution < -0.4 is 0 Å². The Labute approximate surface area is 267 Å². The Kier molecular flexibility index (Phi) is 11.6.